The Hall–Kier alpha value is -1.75. The average Bonchev–Trinajstić information content (AvgIpc) is 2.59. The number of amides is 1. The van der Waals surface area contributed by atoms with Crippen LogP contribution >= 0.6 is 0 Å². The molecule has 0 aromatic heterocycles. The fraction of sp³-hybridized carbons (Fsp3) is 0.682. The van der Waals surface area contributed by atoms with Crippen LogP contribution in [0.25, 0.3) is 0 Å². The van der Waals surface area contributed by atoms with Gasteiger partial charge < -0.3 is 19.5 Å². The third-order valence-electron chi connectivity index (χ3n) is 6.76. The summed E-state index contributed by atoms with van der Waals surface area (Å²) in [4.78, 5) is 14.5. The van der Waals surface area contributed by atoms with E-state index in [1.54, 1.807) is 7.11 Å². The Balaban J connectivity index is 1.25. The van der Waals surface area contributed by atoms with Crippen LogP contribution in [0.3, 0.4) is 0 Å². The van der Waals surface area contributed by atoms with Crippen molar-refractivity contribution in [2.75, 3.05) is 20.2 Å². The maximum atomic E-state index is 12.5. The van der Waals surface area contributed by atoms with Gasteiger partial charge in [0.15, 0.2) is 0 Å². The molecule has 1 spiro atoms. The zero-order valence-corrected chi connectivity index (χ0v) is 16.7. The Morgan fingerprint density at radius 1 is 1.22 bits per heavy atom. The van der Waals surface area contributed by atoms with Crippen LogP contribution in [-0.4, -0.2) is 47.8 Å². The molecule has 4 rings (SSSR count). The number of ether oxygens (including phenoxy) is 2. The Bertz CT molecular complexity index is 705. The number of aliphatic hydroxyl groups is 1. The van der Waals surface area contributed by atoms with Gasteiger partial charge in [-0.2, -0.15) is 0 Å². The normalized spacial score (nSPS) is 29.8. The molecule has 2 saturated carbocycles. The molecule has 3 fully saturated rings. The topological polar surface area (TPSA) is 59.0 Å². The lowest BCUT2D eigenvalue weighted by Crippen LogP contribution is -2.63. The lowest BCUT2D eigenvalue weighted by molar-refractivity contribution is -0.164. The molecule has 0 atom stereocenters. The van der Waals surface area contributed by atoms with Crippen molar-refractivity contribution < 1.29 is 19.4 Å². The minimum Gasteiger partial charge on any atom is -0.496 e. The van der Waals surface area contributed by atoms with E-state index in [0.717, 1.165) is 55.8 Å². The Morgan fingerprint density at radius 2 is 1.89 bits per heavy atom. The minimum absolute atomic E-state index is 0.0357. The number of nitrogens with zero attached hydrogens (tertiary/aromatic N) is 1. The number of hydrogen-bond donors (Lipinski definition) is 1. The molecule has 0 radical (unpaired) electrons. The molecular weight excluding hydrogens is 342 g/mol. The molecule has 5 heteroatoms. The van der Waals surface area contributed by atoms with E-state index in [9.17, 15) is 9.90 Å². The van der Waals surface area contributed by atoms with Gasteiger partial charge in [-0.05, 0) is 64.0 Å². The number of rotatable bonds is 4. The van der Waals surface area contributed by atoms with Gasteiger partial charge in [0.05, 0.1) is 18.8 Å². The van der Waals surface area contributed by atoms with Crippen molar-refractivity contribution in [1.82, 2.24) is 4.90 Å². The summed E-state index contributed by atoms with van der Waals surface area (Å²) in [5.41, 5.74) is 0.781. The zero-order chi connectivity index (χ0) is 19.2. The molecule has 2 aliphatic carbocycles. The van der Waals surface area contributed by atoms with Crippen molar-refractivity contribution >= 4 is 5.91 Å². The molecule has 1 amide bonds. The highest BCUT2D eigenvalue weighted by atomic mass is 16.5. The predicted molar refractivity (Wildman–Crippen MR) is 103 cm³/mol. The molecule has 27 heavy (non-hydrogen) atoms. The van der Waals surface area contributed by atoms with Gasteiger partial charge in [0, 0.05) is 30.5 Å². The van der Waals surface area contributed by atoms with Gasteiger partial charge in [-0.25, -0.2) is 0 Å². The van der Waals surface area contributed by atoms with E-state index in [1.165, 1.54) is 0 Å². The number of carbonyl (C=O) groups is 1. The first kappa shape index (κ1) is 18.6. The van der Waals surface area contributed by atoms with Gasteiger partial charge in [-0.1, -0.05) is 6.07 Å². The zero-order valence-electron chi connectivity index (χ0n) is 16.7. The highest BCUT2D eigenvalue weighted by Crippen LogP contribution is 2.47. The monoisotopic (exact) mass is 373 g/mol. The summed E-state index contributed by atoms with van der Waals surface area (Å²) in [6, 6.07) is 6.02. The van der Waals surface area contributed by atoms with Gasteiger partial charge in [0.25, 0.3) is 0 Å². The molecule has 3 aliphatic rings. The molecule has 148 valence electrons. The van der Waals surface area contributed by atoms with Gasteiger partial charge in [-0.15, -0.1) is 0 Å². The van der Waals surface area contributed by atoms with Crippen molar-refractivity contribution in [2.24, 2.45) is 11.3 Å². The highest BCUT2D eigenvalue weighted by Gasteiger charge is 2.51. The van der Waals surface area contributed by atoms with Crippen LogP contribution < -0.4 is 9.47 Å². The van der Waals surface area contributed by atoms with Crippen LogP contribution in [-0.2, 0) is 4.79 Å². The second-order valence-corrected chi connectivity index (χ2v) is 9.25. The van der Waals surface area contributed by atoms with Crippen LogP contribution in [0.5, 0.6) is 11.5 Å². The van der Waals surface area contributed by atoms with Crippen molar-refractivity contribution in [3.63, 3.8) is 0 Å². The lowest BCUT2D eigenvalue weighted by Gasteiger charge is -2.55. The Morgan fingerprint density at radius 3 is 2.48 bits per heavy atom. The summed E-state index contributed by atoms with van der Waals surface area (Å²) in [7, 11) is 1.69. The molecule has 0 unspecified atom stereocenters. The second-order valence-electron chi connectivity index (χ2n) is 9.25. The summed E-state index contributed by atoms with van der Waals surface area (Å²) in [5.74, 6) is 2.02. The number of benzene rings is 1. The first-order chi connectivity index (χ1) is 12.8. The van der Waals surface area contributed by atoms with Crippen LogP contribution in [0.1, 0.15) is 51.0 Å². The van der Waals surface area contributed by atoms with Crippen LogP contribution in [0, 0.1) is 18.3 Å². The Kier molecular flexibility index (Phi) is 4.61. The first-order valence-corrected chi connectivity index (χ1v) is 10.1. The van der Waals surface area contributed by atoms with Gasteiger partial charge in [-0.3, -0.25) is 4.79 Å². The molecule has 1 aliphatic heterocycles. The van der Waals surface area contributed by atoms with E-state index < -0.39 is 5.60 Å². The molecule has 1 heterocycles. The van der Waals surface area contributed by atoms with E-state index in [4.69, 9.17) is 9.47 Å². The van der Waals surface area contributed by atoms with Crippen molar-refractivity contribution in [2.45, 2.75) is 64.1 Å². The summed E-state index contributed by atoms with van der Waals surface area (Å²) >= 11 is 0. The first-order valence-electron chi connectivity index (χ1n) is 10.1. The Labute approximate surface area is 161 Å². The van der Waals surface area contributed by atoms with Crippen molar-refractivity contribution in [3.05, 3.63) is 23.8 Å². The van der Waals surface area contributed by atoms with E-state index in [1.807, 2.05) is 36.9 Å². The molecule has 1 N–H and O–H groups in total. The standard InChI is InChI=1S/C22H31NO4/c1-15-4-5-18(10-19(15)26-3)27-17-6-8-22(9-7-17)13-23(14-22)20(24)16-11-21(2,25)12-16/h4-5,10,16-17,25H,6-9,11-14H2,1-3H3. The number of methoxy groups -OCH3 is 1. The van der Waals surface area contributed by atoms with Crippen molar-refractivity contribution in [3.8, 4) is 11.5 Å². The molecular formula is C22H31NO4. The third kappa shape index (κ3) is 3.66. The van der Waals surface area contributed by atoms with E-state index >= 15 is 0 Å². The van der Waals surface area contributed by atoms with Crippen molar-refractivity contribution in [1.29, 1.82) is 0 Å². The van der Waals surface area contributed by atoms with Gasteiger partial charge >= 0.3 is 0 Å². The second kappa shape index (κ2) is 6.69. The lowest BCUT2D eigenvalue weighted by atomic mass is 9.66. The van der Waals surface area contributed by atoms with E-state index in [2.05, 4.69) is 0 Å². The SMILES string of the molecule is COc1cc(OC2CCC3(CC2)CN(C(=O)C2CC(C)(O)C2)C3)ccc1C. The number of hydrogen-bond acceptors (Lipinski definition) is 4. The third-order valence-corrected chi connectivity index (χ3v) is 6.76. The van der Waals surface area contributed by atoms with Gasteiger partial charge in [0.1, 0.15) is 11.5 Å². The fourth-order valence-electron chi connectivity index (χ4n) is 5.06. The maximum absolute atomic E-state index is 12.5. The van der Waals surface area contributed by atoms with Crippen LogP contribution in [0.2, 0.25) is 0 Å². The summed E-state index contributed by atoms with van der Waals surface area (Å²) in [6.07, 6.45) is 5.79. The highest BCUT2D eigenvalue weighted by molar-refractivity contribution is 5.81. The quantitative estimate of drug-likeness (QED) is 0.880. The number of aryl methyl sites for hydroxylation is 1. The van der Waals surface area contributed by atoms with E-state index in [-0.39, 0.29) is 17.9 Å². The largest absolute Gasteiger partial charge is 0.496 e. The molecule has 0 bridgehead atoms. The molecule has 5 nitrogen and oxygen atoms in total. The average molecular weight is 373 g/mol. The molecule has 1 aromatic rings. The number of carbonyl (C=O) groups excluding carboxylic acids is 1. The fourth-order valence-corrected chi connectivity index (χ4v) is 5.06. The summed E-state index contributed by atoms with van der Waals surface area (Å²) in [6.45, 7) is 5.62. The summed E-state index contributed by atoms with van der Waals surface area (Å²) in [5, 5.41) is 9.85. The minimum atomic E-state index is -0.628. The van der Waals surface area contributed by atoms with Gasteiger partial charge in [0.2, 0.25) is 5.91 Å². The van der Waals surface area contributed by atoms with Crippen LogP contribution in [0.15, 0.2) is 18.2 Å². The van der Waals surface area contributed by atoms with Crippen LogP contribution in [0.4, 0.5) is 0 Å². The smallest absolute Gasteiger partial charge is 0.225 e. The maximum Gasteiger partial charge on any atom is 0.225 e. The molecule has 1 aromatic carbocycles. The molecule has 1 saturated heterocycles. The predicted octanol–water partition coefficient (Wildman–Crippen LogP) is 3.31. The number of likely N-dealkylation sites (tertiary alicyclic amines) is 1. The van der Waals surface area contributed by atoms with E-state index in [0.29, 0.717) is 18.3 Å². The summed E-state index contributed by atoms with van der Waals surface area (Å²) < 4.78 is 11.6.